The van der Waals surface area contributed by atoms with Gasteiger partial charge in [-0.05, 0) is 25.0 Å². The first kappa shape index (κ1) is 17.6. The molecule has 24 heavy (non-hydrogen) atoms. The minimum absolute atomic E-state index is 0.0656. The molecular weight excluding hydrogens is 308 g/mol. The van der Waals surface area contributed by atoms with Crippen LogP contribution >= 0.6 is 0 Å². The molecule has 0 aliphatic carbocycles. The van der Waals surface area contributed by atoms with Crippen LogP contribution in [0.15, 0.2) is 48.5 Å². The standard InChI is InChI=1S/C18H20N2O4/c1-3-18(19,4-2)24-16-11-10-14(12-15(16)20(22)23)17(21)13-8-6-5-7-9-13/h5-12H,3-4,19H2,1-2H3. The topological polar surface area (TPSA) is 95.5 Å². The summed E-state index contributed by atoms with van der Waals surface area (Å²) in [5.74, 6) is -0.217. The normalized spacial score (nSPS) is 11.1. The van der Waals surface area contributed by atoms with E-state index in [0.717, 1.165) is 0 Å². The highest BCUT2D eigenvalue weighted by Gasteiger charge is 2.27. The van der Waals surface area contributed by atoms with Crippen LogP contribution in [-0.2, 0) is 0 Å². The highest BCUT2D eigenvalue weighted by Crippen LogP contribution is 2.32. The van der Waals surface area contributed by atoms with Crippen molar-refractivity contribution in [2.24, 2.45) is 5.73 Å². The zero-order chi connectivity index (χ0) is 17.7. The molecule has 2 N–H and O–H groups in total. The largest absolute Gasteiger partial charge is 0.466 e. The average Bonchev–Trinajstić information content (AvgIpc) is 2.61. The van der Waals surface area contributed by atoms with Crippen molar-refractivity contribution in [3.63, 3.8) is 0 Å². The molecule has 6 nitrogen and oxygen atoms in total. The first-order valence-corrected chi connectivity index (χ1v) is 7.76. The number of ether oxygens (including phenoxy) is 1. The summed E-state index contributed by atoms with van der Waals surface area (Å²) in [5, 5.41) is 11.4. The van der Waals surface area contributed by atoms with E-state index in [4.69, 9.17) is 10.5 Å². The Hall–Kier alpha value is -2.73. The summed E-state index contributed by atoms with van der Waals surface area (Å²) >= 11 is 0. The summed E-state index contributed by atoms with van der Waals surface area (Å²) < 4.78 is 5.66. The number of nitrogens with two attached hydrogens (primary N) is 1. The second kappa shape index (κ2) is 7.23. The smallest absolute Gasteiger partial charge is 0.311 e. The van der Waals surface area contributed by atoms with Gasteiger partial charge >= 0.3 is 5.69 Å². The highest BCUT2D eigenvalue weighted by atomic mass is 16.6. The lowest BCUT2D eigenvalue weighted by atomic mass is 10.0. The van der Waals surface area contributed by atoms with Crippen molar-refractivity contribution in [3.05, 3.63) is 69.8 Å². The monoisotopic (exact) mass is 328 g/mol. The molecule has 0 amide bonds. The lowest BCUT2D eigenvalue weighted by molar-refractivity contribution is -0.386. The number of carbonyl (C=O) groups is 1. The quantitative estimate of drug-likeness (QED) is 0.362. The Morgan fingerprint density at radius 3 is 2.29 bits per heavy atom. The Balaban J connectivity index is 2.40. The molecule has 126 valence electrons. The van der Waals surface area contributed by atoms with Crippen LogP contribution in [0.1, 0.15) is 42.6 Å². The molecule has 0 fully saturated rings. The van der Waals surface area contributed by atoms with Crippen LogP contribution < -0.4 is 10.5 Å². The van der Waals surface area contributed by atoms with E-state index < -0.39 is 10.6 Å². The molecule has 0 bridgehead atoms. The van der Waals surface area contributed by atoms with E-state index in [1.54, 1.807) is 30.3 Å². The fourth-order valence-corrected chi connectivity index (χ4v) is 2.26. The fourth-order valence-electron chi connectivity index (χ4n) is 2.26. The molecule has 0 saturated carbocycles. The van der Waals surface area contributed by atoms with Crippen LogP contribution in [0.3, 0.4) is 0 Å². The van der Waals surface area contributed by atoms with Gasteiger partial charge in [0, 0.05) is 17.2 Å². The van der Waals surface area contributed by atoms with Gasteiger partial charge in [-0.1, -0.05) is 44.2 Å². The van der Waals surface area contributed by atoms with Gasteiger partial charge in [-0.2, -0.15) is 0 Å². The molecular formula is C18H20N2O4. The summed E-state index contributed by atoms with van der Waals surface area (Å²) in [4.78, 5) is 23.2. The van der Waals surface area contributed by atoms with Crippen LogP contribution in [0.4, 0.5) is 5.69 Å². The Morgan fingerprint density at radius 1 is 1.12 bits per heavy atom. The van der Waals surface area contributed by atoms with Gasteiger partial charge in [0.1, 0.15) is 0 Å². The third-order valence-electron chi connectivity index (χ3n) is 3.96. The van der Waals surface area contributed by atoms with Crippen molar-refractivity contribution in [1.82, 2.24) is 0 Å². The molecule has 0 spiro atoms. The van der Waals surface area contributed by atoms with Crippen molar-refractivity contribution in [3.8, 4) is 5.75 Å². The van der Waals surface area contributed by atoms with Gasteiger partial charge in [-0.25, -0.2) is 0 Å². The van der Waals surface area contributed by atoms with Crippen LogP contribution in [0.5, 0.6) is 5.75 Å². The van der Waals surface area contributed by atoms with E-state index in [2.05, 4.69) is 0 Å². The van der Waals surface area contributed by atoms with Gasteiger partial charge in [0.15, 0.2) is 17.3 Å². The van der Waals surface area contributed by atoms with Crippen LogP contribution in [0.2, 0.25) is 0 Å². The average molecular weight is 328 g/mol. The number of rotatable bonds is 7. The third kappa shape index (κ3) is 3.78. The summed E-state index contributed by atoms with van der Waals surface area (Å²) in [6.07, 6.45) is 1.01. The molecule has 6 heteroatoms. The van der Waals surface area contributed by atoms with Crippen molar-refractivity contribution < 1.29 is 14.5 Å². The predicted octanol–water partition coefficient (Wildman–Crippen LogP) is 3.68. The first-order chi connectivity index (χ1) is 11.4. The number of ketones is 1. The zero-order valence-corrected chi connectivity index (χ0v) is 13.7. The molecule has 2 aromatic rings. The predicted molar refractivity (Wildman–Crippen MR) is 91.1 cm³/mol. The van der Waals surface area contributed by atoms with Crippen LogP contribution in [0, 0.1) is 10.1 Å². The minimum atomic E-state index is -0.976. The van der Waals surface area contributed by atoms with Crippen molar-refractivity contribution in [1.29, 1.82) is 0 Å². The van der Waals surface area contributed by atoms with E-state index in [0.29, 0.717) is 18.4 Å². The minimum Gasteiger partial charge on any atom is -0.466 e. The number of nitro groups is 1. The molecule has 0 aliphatic heterocycles. The maximum Gasteiger partial charge on any atom is 0.311 e. The third-order valence-corrected chi connectivity index (χ3v) is 3.96. The molecule has 2 rings (SSSR count). The van der Waals surface area contributed by atoms with E-state index in [1.807, 2.05) is 13.8 Å². The van der Waals surface area contributed by atoms with E-state index in [1.165, 1.54) is 18.2 Å². The SMILES string of the molecule is CCC(N)(CC)Oc1ccc(C(=O)c2ccccc2)cc1[N+](=O)[O-]. The number of carbonyl (C=O) groups excluding carboxylic acids is 1. The maximum atomic E-state index is 12.4. The van der Waals surface area contributed by atoms with E-state index in [-0.39, 0.29) is 22.8 Å². The number of nitro benzene ring substituents is 1. The molecule has 0 heterocycles. The molecule has 0 saturated heterocycles. The van der Waals surface area contributed by atoms with E-state index in [9.17, 15) is 14.9 Å². The van der Waals surface area contributed by atoms with Crippen LogP contribution in [0.25, 0.3) is 0 Å². The zero-order valence-electron chi connectivity index (χ0n) is 13.7. The second-order valence-corrected chi connectivity index (χ2v) is 5.51. The number of hydrogen-bond acceptors (Lipinski definition) is 5. The van der Waals surface area contributed by atoms with Gasteiger partial charge in [0.05, 0.1) is 4.92 Å². The van der Waals surface area contributed by atoms with Gasteiger partial charge in [-0.3, -0.25) is 20.6 Å². The molecule has 0 unspecified atom stereocenters. The maximum absolute atomic E-state index is 12.4. The molecule has 0 aliphatic rings. The lowest BCUT2D eigenvalue weighted by Crippen LogP contribution is -2.44. The summed E-state index contributed by atoms with van der Waals surface area (Å²) in [5.41, 5.74) is 5.53. The highest BCUT2D eigenvalue weighted by molar-refractivity contribution is 6.09. The van der Waals surface area contributed by atoms with Crippen molar-refractivity contribution >= 4 is 11.5 Å². The first-order valence-electron chi connectivity index (χ1n) is 7.76. The Morgan fingerprint density at radius 2 is 1.75 bits per heavy atom. The second-order valence-electron chi connectivity index (χ2n) is 5.51. The summed E-state index contributed by atoms with van der Waals surface area (Å²) in [7, 11) is 0. The van der Waals surface area contributed by atoms with Gasteiger partial charge in [-0.15, -0.1) is 0 Å². The van der Waals surface area contributed by atoms with Crippen molar-refractivity contribution in [2.75, 3.05) is 0 Å². The Labute approximate surface area is 140 Å². The molecule has 0 radical (unpaired) electrons. The Kier molecular flexibility index (Phi) is 5.31. The summed E-state index contributed by atoms with van der Waals surface area (Å²) in [6.45, 7) is 3.70. The number of nitrogens with zero attached hydrogens (tertiary/aromatic N) is 1. The van der Waals surface area contributed by atoms with Crippen molar-refractivity contribution in [2.45, 2.75) is 32.4 Å². The van der Waals surface area contributed by atoms with Gasteiger partial charge in [0.2, 0.25) is 0 Å². The number of benzene rings is 2. The molecule has 0 atom stereocenters. The van der Waals surface area contributed by atoms with Gasteiger partial charge < -0.3 is 4.74 Å². The van der Waals surface area contributed by atoms with Crippen LogP contribution in [-0.4, -0.2) is 16.4 Å². The summed E-state index contributed by atoms with van der Waals surface area (Å²) in [6, 6.07) is 12.8. The van der Waals surface area contributed by atoms with E-state index >= 15 is 0 Å². The van der Waals surface area contributed by atoms with Gasteiger partial charge in [0.25, 0.3) is 0 Å². The molecule has 2 aromatic carbocycles. The molecule has 0 aromatic heterocycles. The lowest BCUT2D eigenvalue weighted by Gasteiger charge is -2.27. The fraction of sp³-hybridized carbons (Fsp3) is 0.278. The Bertz CT molecular complexity index is 740. The number of hydrogen-bond donors (Lipinski definition) is 1.